The molecule has 1 aromatic rings. The lowest BCUT2D eigenvalue weighted by Crippen LogP contribution is -2.09. The number of anilines is 1. The molecule has 4 heteroatoms. The lowest BCUT2D eigenvalue weighted by molar-refractivity contribution is -0.0798. The van der Waals surface area contributed by atoms with Crippen molar-refractivity contribution in [3.63, 3.8) is 0 Å². The molecule has 1 aliphatic rings. The summed E-state index contributed by atoms with van der Waals surface area (Å²) < 4.78 is 37.4. The van der Waals surface area contributed by atoms with Crippen LogP contribution in [0, 0.1) is 0 Å². The second-order valence-electron chi connectivity index (χ2n) is 7.00. The number of hydrogen-bond acceptors (Lipinski definition) is 1. The summed E-state index contributed by atoms with van der Waals surface area (Å²) in [4.78, 5) is 0. The molecule has 0 saturated carbocycles. The molecule has 0 amide bonds. The maximum Gasteiger partial charge on any atom is 0.409 e. The molecule has 0 unspecified atom stereocenters. The molecule has 0 radical (unpaired) electrons. The van der Waals surface area contributed by atoms with Gasteiger partial charge >= 0.3 is 6.18 Å². The van der Waals surface area contributed by atoms with E-state index in [0.717, 1.165) is 35.8 Å². The van der Waals surface area contributed by atoms with Gasteiger partial charge in [0.25, 0.3) is 0 Å². The first kappa shape index (κ1) is 21.8. The van der Waals surface area contributed by atoms with Crippen molar-refractivity contribution in [2.24, 2.45) is 0 Å². The quantitative estimate of drug-likeness (QED) is 0.479. The van der Waals surface area contributed by atoms with Gasteiger partial charge in [-0.25, -0.2) is 0 Å². The van der Waals surface area contributed by atoms with Crippen LogP contribution in [0.4, 0.5) is 18.9 Å². The molecule has 1 nitrogen and oxygen atoms in total. The molecule has 1 aromatic carbocycles. The van der Waals surface area contributed by atoms with Crippen LogP contribution in [0.5, 0.6) is 0 Å². The number of nitrogens with one attached hydrogen (secondary N) is 1. The van der Waals surface area contributed by atoms with E-state index in [1.165, 1.54) is 24.0 Å². The third-order valence-corrected chi connectivity index (χ3v) is 4.93. The van der Waals surface area contributed by atoms with E-state index < -0.39 is 6.18 Å². The van der Waals surface area contributed by atoms with Crippen molar-refractivity contribution in [1.82, 2.24) is 0 Å². The summed E-state index contributed by atoms with van der Waals surface area (Å²) >= 11 is 0. The molecule has 0 fully saturated rings. The zero-order valence-electron chi connectivity index (χ0n) is 16.6. The molecule has 1 N–H and O–H groups in total. The van der Waals surface area contributed by atoms with Gasteiger partial charge in [0.2, 0.25) is 0 Å². The number of benzene rings is 1. The van der Waals surface area contributed by atoms with E-state index in [-0.39, 0.29) is 6.08 Å². The van der Waals surface area contributed by atoms with Gasteiger partial charge in [0, 0.05) is 17.5 Å². The summed E-state index contributed by atoms with van der Waals surface area (Å²) in [6, 6.07) is 6.26. The van der Waals surface area contributed by atoms with Crippen LogP contribution < -0.4 is 5.32 Å². The molecule has 2 rings (SSSR count). The van der Waals surface area contributed by atoms with Gasteiger partial charge in [-0.15, -0.1) is 0 Å². The van der Waals surface area contributed by atoms with Crippen LogP contribution in [0.1, 0.15) is 44.2 Å². The van der Waals surface area contributed by atoms with Gasteiger partial charge in [-0.3, -0.25) is 0 Å². The van der Waals surface area contributed by atoms with Crippen molar-refractivity contribution >= 4 is 5.69 Å². The highest BCUT2D eigenvalue weighted by Gasteiger charge is 2.21. The summed E-state index contributed by atoms with van der Waals surface area (Å²) in [5.41, 5.74) is 6.65. The summed E-state index contributed by atoms with van der Waals surface area (Å²) in [6.07, 6.45) is 5.55. The molecule has 0 heterocycles. The minimum Gasteiger partial charge on any atom is -0.355 e. The number of halogens is 3. The first-order valence-corrected chi connectivity index (χ1v) is 9.62. The first-order valence-electron chi connectivity index (χ1n) is 9.62. The zero-order chi connectivity index (χ0) is 20.7. The smallest absolute Gasteiger partial charge is 0.355 e. The summed E-state index contributed by atoms with van der Waals surface area (Å²) in [5.74, 6) is 0. The van der Waals surface area contributed by atoms with E-state index in [4.69, 9.17) is 0 Å². The number of allylic oxidation sites excluding steroid dienone is 6. The van der Waals surface area contributed by atoms with Crippen molar-refractivity contribution in [3.8, 4) is 0 Å². The molecule has 0 saturated heterocycles. The van der Waals surface area contributed by atoms with E-state index >= 15 is 0 Å². The third kappa shape index (κ3) is 6.01. The monoisotopic (exact) mass is 387 g/mol. The standard InChI is InChI=1S/C24H28F3N/c1-5-19(14-15-24(25,26)27)16-17(3)21(6-2)18(4)28-23-13-9-11-20-10-7-8-12-22(20)23/h6,9,11,13-16,28H,2,4-5,7-8,10,12H2,1,3H3/b15-14+,19-16+,21-17+. The van der Waals surface area contributed by atoms with E-state index in [9.17, 15) is 13.2 Å². The van der Waals surface area contributed by atoms with Crippen LogP contribution in [0.25, 0.3) is 0 Å². The van der Waals surface area contributed by atoms with Gasteiger partial charge in [0.1, 0.15) is 0 Å². The van der Waals surface area contributed by atoms with Gasteiger partial charge in [0.15, 0.2) is 0 Å². The second-order valence-corrected chi connectivity index (χ2v) is 7.00. The van der Waals surface area contributed by atoms with Crippen LogP contribution in [-0.4, -0.2) is 6.18 Å². The maximum absolute atomic E-state index is 12.5. The molecule has 0 aliphatic heterocycles. The van der Waals surface area contributed by atoms with Gasteiger partial charge in [-0.2, -0.15) is 13.2 Å². The Kier molecular flexibility index (Phi) is 7.50. The molecular formula is C24H28F3N. The van der Waals surface area contributed by atoms with Crippen molar-refractivity contribution in [3.05, 3.63) is 89.2 Å². The number of aryl methyl sites for hydroxylation is 1. The van der Waals surface area contributed by atoms with Crippen LogP contribution in [0.15, 0.2) is 78.1 Å². The molecule has 28 heavy (non-hydrogen) atoms. The topological polar surface area (TPSA) is 12.0 Å². The Morgan fingerprint density at radius 2 is 1.93 bits per heavy atom. The summed E-state index contributed by atoms with van der Waals surface area (Å²) in [6.45, 7) is 11.7. The molecular weight excluding hydrogens is 359 g/mol. The number of alkyl halides is 3. The van der Waals surface area contributed by atoms with Crippen molar-refractivity contribution in [2.45, 2.75) is 52.1 Å². The van der Waals surface area contributed by atoms with Crippen LogP contribution in [0.3, 0.4) is 0 Å². The highest BCUT2D eigenvalue weighted by Crippen LogP contribution is 2.30. The maximum atomic E-state index is 12.5. The van der Waals surface area contributed by atoms with E-state index in [2.05, 4.69) is 24.5 Å². The number of fused-ring (bicyclic) bond motifs is 1. The predicted molar refractivity (Wildman–Crippen MR) is 112 cm³/mol. The number of hydrogen-bond donors (Lipinski definition) is 1. The van der Waals surface area contributed by atoms with Crippen molar-refractivity contribution in [2.75, 3.05) is 5.32 Å². The van der Waals surface area contributed by atoms with Gasteiger partial charge < -0.3 is 5.32 Å². The van der Waals surface area contributed by atoms with Crippen LogP contribution >= 0.6 is 0 Å². The minimum absolute atomic E-state index is 0.270. The van der Waals surface area contributed by atoms with Gasteiger partial charge in [-0.05, 0) is 72.9 Å². The molecule has 0 aromatic heterocycles. The van der Waals surface area contributed by atoms with Crippen LogP contribution in [0.2, 0.25) is 0 Å². The lowest BCUT2D eigenvalue weighted by atomic mass is 9.90. The fraction of sp³-hybridized carbons (Fsp3) is 0.333. The molecule has 0 spiro atoms. The Labute approximate surface area is 166 Å². The molecule has 150 valence electrons. The zero-order valence-corrected chi connectivity index (χ0v) is 16.6. The average Bonchev–Trinajstić information content (AvgIpc) is 2.65. The average molecular weight is 387 g/mol. The third-order valence-electron chi connectivity index (χ3n) is 4.93. The lowest BCUT2D eigenvalue weighted by Gasteiger charge is -2.21. The minimum atomic E-state index is -4.31. The van der Waals surface area contributed by atoms with Crippen molar-refractivity contribution < 1.29 is 13.2 Å². The van der Waals surface area contributed by atoms with E-state index in [0.29, 0.717) is 17.7 Å². The molecule has 0 atom stereocenters. The Hall–Kier alpha value is -2.49. The number of rotatable bonds is 7. The SMILES string of the molecule is C=C\C(C(=C)Nc1cccc2c1CCCC2)=C(C)/C=C(/C=C/C(F)(F)F)CC. The second kappa shape index (κ2) is 9.63. The predicted octanol–water partition coefficient (Wildman–Crippen LogP) is 7.45. The van der Waals surface area contributed by atoms with Crippen molar-refractivity contribution in [1.29, 1.82) is 0 Å². The Bertz CT molecular complexity index is 823. The summed E-state index contributed by atoms with van der Waals surface area (Å²) in [5, 5.41) is 3.40. The van der Waals surface area contributed by atoms with Crippen LogP contribution in [-0.2, 0) is 12.8 Å². The van der Waals surface area contributed by atoms with Gasteiger partial charge in [-0.1, -0.05) is 50.4 Å². The fourth-order valence-corrected chi connectivity index (χ4v) is 3.48. The molecule has 0 bridgehead atoms. The normalized spacial score (nSPS) is 15.8. The fourth-order valence-electron chi connectivity index (χ4n) is 3.48. The largest absolute Gasteiger partial charge is 0.409 e. The highest BCUT2D eigenvalue weighted by molar-refractivity contribution is 5.63. The van der Waals surface area contributed by atoms with E-state index in [1.807, 2.05) is 26.0 Å². The Balaban J connectivity index is 2.28. The van der Waals surface area contributed by atoms with Gasteiger partial charge in [0.05, 0.1) is 0 Å². The first-order chi connectivity index (χ1) is 13.2. The van der Waals surface area contributed by atoms with E-state index in [1.54, 1.807) is 12.2 Å². The Morgan fingerprint density at radius 3 is 2.57 bits per heavy atom. The molecule has 1 aliphatic carbocycles. The Morgan fingerprint density at radius 1 is 1.21 bits per heavy atom. The highest BCUT2D eigenvalue weighted by atomic mass is 19.4. The summed E-state index contributed by atoms with van der Waals surface area (Å²) in [7, 11) is 0.